The number of carbonyl (C=O) groups is 1. The van der Waals surface area contributed by atoms with Gasteiger partial charge in [0.05, 0.1) is 13.7 Å². The van der Waals surface area contributed by atoms with Crippen molar-refractivity contribution in [2.75, 3.05) is 12.4 Å². The quantitative estimate of drug-likeness (QED) is 0.710. The van der Waals surface area contributed by atoms with Crippen molar-refractivity contribution < 1.29 is 9.53 Å². The molecule has 0 atom stereocenters. The van der Waals surface area contributed by atoms with Crippen LogP contribution < -0.4 is 21.3 Å². The molecule has 0 unspecified atom stereocenters. The van der Waals surface area contributed by atoms with E-state index in [9.17, 15) is 14.4 Å². The van der Waals surface area contributed by atoms with Gasteiger partial charge in [0.1, 0.15) is 12.3 Å². The Labute approximate surface area is 161 Å². The molecule has 3 rings (SSSR count). The van der Waals surface area contributed by atoms with Crippen molar-refractivity contribution in [3.05, 3.63) is 92.8 Å². The van der Waals surface area contributed by atoms with Crippen LogP contribution in [0.2, 0.25) is 0 Å². The molecule has 7 nitrogen and oxygen atoms in total. The fourth-order valence-electron chi connectivity index (χ4n) is 2.84. The molecule has 0 aliphatic carbocycles. The van der Waals surface area contributed by atoms with Crippen LogP contribution in [0, 0.1) is 6.92 Å². The summed E-state index contributed by atoms with van der Waals surface area (Å²) in [6.07, 6.45) is 1.45. The molecule has 0 bridgehead atoms. The molecule has 0 aliphatic rings. The Bertz CT molecular complexity index is 1110. The second-order valence-electron chi connectivity index (χ2n) is 6.36. The van der Waals surface area contributed by atoms with Crippen molar-refractivity contribution >= 4 is 11.6 Å². The second-order valence-corrected chi connectivity index (χ2v) is 6.36. The first-order valence-corrected chi connectivity index (χ1v) is 8.76. The van der Waals surface area contributed by atoms with Gasteiger partial charge in [-0.05, 0) is 30.2 Å². The van der Waals surface area contributed by atoms with Crippen LogP contribution in [0.3, 0.4) is 0 Å². The Morgan fingerprint density at radius 3 is 2.61 bits per heavy atom. The number of anilines is 1. The molecule has 1 heterocycles. The normalized spacial score (nSPS) is 10.5. The largest absolute Gasteiger partial charge is 0.497 e. The van der Waals surface area contributed by atoms with Crippen molar-refractivity contribution in [2.24, 2.45) is 0 Å². The lowest BCUT2D eigenvalue weighted by Gasteiger charge is -2.12. The third kappa shape index (κ3) is 4.37. The number of hydrogen-bond donors (Lipinski definition) is 1. The molecular weight excluding hydrogens is 358 g/mol. The summed E-state index contributed by atoms with van der Waals surface area (Å²) in [7, 11) is 1.53. The Kier molecular flexibility index (Phi) is 5.74. The minimum absolute atomic E-state index is 0.323. The number of nitrogens with one attached hydrogen (secondary N) is 1. The summed E-state index contributed by atoms with van der Waals surface area (Å²) >= 11 is 0. The maximum atomic E-state index is 12.7. The van der Waals surface area contributed by atoms with E-state index in [0.29, 0.717) is 18.0 Å². The van der Waals surface area contributed by atoms with Crippen LogP contribution in [0.15, 0.2) is 70.4 Å². The van der Waals surface area contributed by atoms with Crippen LogP contribution in [0.1, 0.15) is 11.1 Å². The number of aryl methyl sites for hydroxylation is 1. The highest BCUT2D eigenvalue weighted by molar-refractivity contribution is 5.90. The zero-order chi connectivity index (χ0) is 20.1. The average Bonchev–Trinajstić information content (AvgIpc) is 2.69. The lowest BCUT2D eigenvalue weighted by atomic mass is 10.1. The van der Waals surface area contributed by atoms with Crippen LogP contribution >= 0.6 is 0 Å². The van der Waals surface area contributed by atoms with Crippen molar-refractivity contribution in [3.63, 3.8) is 0 Å². The molecule has 1 aromatic heterocycles. The molecule has 7 heteroatoms. The lowest BCUT2D eigenvalue weighted by molar-refractivity contribution is -0.116. The van der Waals surface area contributed by atoms with Gasteiger partial charge in [-0.25, -0.2) is 4.79 Å². The van der Waals surface area contributed by atoms with Crippen LogP contribution in [0.25, 0.3) is 0 Å². The number of hydrogen-bond acceptors (Lipinski definition) is 4. The van der Waals surface area contributed by atoms with Gasteiger partial charge >= 0.3 is 5.69 Å². The number of nitrogens with zero attached hydrogens (tertiary/aromatic N) is 2. The number of ether oxygens (including phenoxy) is 1. The van der Waals surface area contributed by atoms with E-state index in [0.717, 1.165) is 15.7 Å². The minimum Gasteiger partial charge on any atom is -0.497 e. The Balaban J connectivity index is 1.81. The predicted octanol–water partition coefficient (Wildman–Crippen LogP) is 2.01. The highest BCUT2D eigenvalue weighted by Crippen LogP contribution is 2.16. The molecule has 28 heavy (non-hydrogen) atoms. The molecular formula is C21H21N3O4. The summed E-state index contributed by atoms with van der Waals surface area (Å²) in [5.74, 6) is 0.122. The topological polar surface area (TPSA) is 82.3 Å². The number of rotatable bonds is 6. The van der Waals surface area contributed by atoms with E-state index in [1.165, 1.54) is 23.9 Å². The minimum atomic E-state index is -0.531. The Morgan fingerprint density at radius 2 is 1.86 bits per heavy atom. The molecule has 3 aromatic rings. The van der Waals surface area contributed by atoms with Crippen molar-refractivity contribution in [1.82, 2.24) is 9.13 Å². The first-order valence-electron chi connectivity index (χ1n) is 8.76. The van der Waals surface area contributed by atoms with Gasteiger partial charge in [-0.3, -0.25) is 18.7 Å². The zero-order valence-electron chi connectivity index (χ0n) is 15.7. The lowest BCUT2D eigenvalue weighted by Crippen LogP contribution is -2.41. The predicted molar refractivity (Wildman–Crippen MR) is 107 cm³/mol. The molecule has 0 radical (unpaired) electrons. The molecule has 0 spiro atoms. The molecule has 0 saturated carbocycles. The SMILES string of the molecule is COc1cccc(NC(=O)Cn2c(=O)ccn(Cc3ccccc3C)c2=O)c1. The fraction of sp³-hybridized carbons (Fsp3) is 0.190. The van der Waals surface area contributed by atoms with Crippen molar-refractivity contribution in [2.45, 2.75) is 20.0 Å². The molecule has 0 fully saturated rings. The summed E-state index contributed by atoms with van der Waals surface area (Å²) in [6.45, 7) is 1.91. The van der Waals surface area contributed by atoms with E-state index in [1.807, 2.05) is 31.2 Å². The van der Waals surface area contributed by atoms with Gasteiger partial charge in [-0.1, -0.05) is 30.3 Å². The van der Waals surface area contributed by atoms with Gasteiger partial charge in [0, 0.05) is 24.0 Å². The summed E-state index contributed by atoms with van der Waals surface area (Å²) in [5.41, 5.74) is 1.48. The van der Waals surface area contributed by atoms with E-state index in [4.69, 9.17) is 4.74 Å². The van der Waals surface area contributed by atoms with E-state index in [-0.39, 0.29) is 6.54 Å². The standard InChI is InChI=1S/C21H21N3O4/c1-15-6-3-4-7-16(15)13-23-11-10-20(26)24(21(23)27)14-19(25)22-17-8-5-9-18(12-17)28-2/h3-12H,13-14H2,1-2H3,(H,22,25). The third-order valence-electron chi connectivity index (χ3n) is 4.40. The highest BCUT2D eigenvalue weighted by Gasteiger charge is 2.11. The van der Waals surface area contributed by atoms with E-state index < -0.39 is 17.2 Å². The molecule has 0 aliphatic heterocycles. The van der Waals surface area contributed by atoms with Gasteiger partial charge in [0.25, 0.3) is 5.56 Å². The first-order chi connectivity index (χ1) is 13.5. The van der Waals surface area contributed by atoms with E-state index in [2.05, 4.69) is 5.32 Å². The average molecular weight is 379 g/mol. The molecule has 1 amide bonds. The Morgan fingerprint density at radius 1 is 1.07 bits per heavy atom. The van der Waals surface area contributed by atoms with Crippen LogP contribution in [0.4, 0.5) is 5.69 Å². The van der Waals surface area contributed by atoms with Crippen molar-refractivity contribution in [1.29, 1.82) is 0 Å². The molecule has 2 aromatic carbocycles. The van der Waals surface area contributed by atoms with Gasteiger partial charge in [-0.15, -0.1) is 0 Å². The van der Waals surface area contributed by atoms with Crippen LogP contribution in [-0.4, -0.2) is 22.2 Å². The summed E-state index contributed by atoms with van der Waals surface area (Å²) in [5, 5.41) is 2.67. The number of aromatic nitrogens is 2. The van der Waals surface area contributed by atoms with Crippen molar-refractivity contribution in [3.8, 4) is 5.75 Å². The molecule has 0 saturated heterocycles. The summed E-state index contributed by atoms with van der Waals surface area (Å²) < 4.78 is 7.46. The number of amides is 1. The highest BCUT2D eigenvalue weighted by atomic mass is 16.5. The Hall–Kier alpha value is -3.61. The van der Waals surface area contributed by atoms with E-state index >= 15 is 0 Å². The second kappa shape index (κ2) is 8.39. The molecule has 144 valence electrons. The van der Waals surface area contributed by atoms with Gasteiger partial charge in [-0.2, -0.15) is 0 Å². The maximum absolute atomic E-state index is 12.7. The summed E-state index contributed by atoms with van der Waals surface area (Å²) in [6, 6.07) is 15.8. The summed E-state index contributed by atoms with van der Waals surface area (Å²) in [4.78, 5) is 37.2. The smallest absolute Gasteiger partial charge is 0.331 e. The fourth-order valence-corrected chi connectivity index (χ4v) is 2.84. The zero-order valence-corrected chi connectivity index (χ0v) is 15.7. The maximum Gasteiger partial charge on any atom is 0.331 e. The van der Waals surface area contributed by atoms with Gasteiger partial charge in [0.15, 0.2) is 0 Å². The number of benzene rings is 2. The number of methoxy groups -OCH3 is 1. The first kappa shape index (κ1) is 19.2. The van der Waals surface area contributed by atoms with E-state index in [1.54, 1.807) is 24.3 Å². The third-order valence-corrected chi connectivity index (χ3v) is 4.40. The van der Waals surface area contributed by atoms with Crippen LogP contribution in [-0.2, 0) is 17.9 Å². The van der Waals surface area contributed by atoms with Gasteiger partial charge in [0.2, 0.25) is 5.91 Å². The monoisotopic (exact) mass is 379 g/mol. The van der Waals surface area contributed by atoms with Gasteiger partial charge < -0.3 is 10.1 Å². The van der Waals surface area contributed by atoms with Crippen LogP contribution in [0.5, 0.6) is 5.75 Å². The number of carbonyl (C=O) groups excluding carboxylic acids is 1. The molecule has 1 N–H and O–H groups in total.